The number of ether oxygens (including phenoxy) is 2. The summed E-state index contributed by atoms with van der Waals surface area (Å²) in [6.45, 7) is 5.26. The average molecular weight is 224 g/mol. The maximum atomic E-state index is 11.3. The van der Waals surface area contributed by atoms with Crippen LogP contribution in [0.25, 0.3) is 0 Å². The predicted molar refractivity (Wildman–Crippen MR) is 54.0 cm³/mol. The van der Waals surface area contributed by atoms with E-state index < -0.39 is 24.3 Å². The summed E-state index contributed by atoms with van der Waals surface area (Å²) < 4.78 is 10.1. The van der Waals surface area contributed by atoms with Gasteiger partial charge in [-0.05, 0) is 13.0 Å². The number of aliphatic hydroxyl groups excluding tert-OH is 2. The second kappa shape index (κ2) is 3.77. The molecule has 0 aromatic heterocycles. The lowest BCUT2D eigenvalue weighted by atomic mass is 9.96. The maximum Gasteiger partial charge on any atom is 0.346 e. The van der Waals surface area contributed by atoms with Gasteiger partial charge < -0.3 is 19.7 Å². The molecule has 0 amide bonds. The van der Waals surface area contributed by atoms with Crippen LogP contribution in [0.3, 0.4) is 0 Å². The Balaban J connectivity index is 2.40. The molecular formula is C11H12O5. The van der Waals surface area contributed by atoms with Crippen molar-refractivity contribution in [2.45, 2.75) is 25.2 Å². The van der Waals surface area contributed by atoms with Crippen molar-refractivity contribution in [3.8, 4) is 0 Å². The van der Waals surface area contributed by atoms with Crippen LogP contribution in [0.1, 0.15) is 6.92 Å². The normalized spacial score (nSPS) is 34.1. The van der Waals surface area contributed by atoms with Gasteiger partial charge in [-0.1, -0.05) is 12.7 Å². The zero-order valence-electron chi connectivity index (χ0n) is 8.71. The molecule has 2 heterocycles. The number of esters is 1. The highest BCUT2D eigenvalue weighted by molar-refractivity contribution is 5.95. The minimum Gasteiger partial charge on any atom is -0.479 e. The molecule has 0 saturated carbocycles. The van der Waals surface area contributed by atoms with Crippen LogP contribution >= 0.6 is 0 Å². The van der Waals surface area contributed by atoms with Crippen molar-refractivity contribution in [2.75, 3.05) is 0 Å². The molecule has 0 aromatic rings. The van der Waals surface area contributed by atoms with E-state index in [2.05, 4.69) is 6.58 Å². The molecule has 0 fully saturated rings. The minimum atomic E-state index is -1.31. The number of cyclic esters (lactones) is 1. The Bertz CT molecular complexity index is 407. The predicted octanol–water partition coefficient (Wildman–Crippen LogP) is 0.00770. The van der Waals surface area contributed by atoms with Crippen molar-refractivity contribution in [1.29, 1.82) is 0 Å². The molecule has 0 unspecified atom stereocenters. The smallest absolute Gasteiger partial charge is 0.346 e. The molecule has 2 aliphatic rings. The van der Waals surface area contributed by atoms with Gasteiger partial charge in [-0.25, -0.2) is 4.79 Å². The third kappa shape index (κ3) is 1.45. The van der Waals surface area contributed by atoms with Crippen molar-refractivity contribution in [1.82, 2.24) is 0 Å². The average Bonchev–Trinajstić information content (AvgIpc) is 2.50. The third-order valence-corrected chi connectivity index (χ3v) is 2.53. The monoisotopic (exact) mass is 224 g/mol. The van der Waals surface area contributed by atoms with E-state index in [1.165, 1.54) is 0 Å². The Hall–Kier alpha value is -1.59. The summed E-state index contributed by atoms with van der Waals surface area (Å²) in [5.41, 5.74) is -0.0572. The second-order valence-corrected chi connectivity index (χ2v) is 3.60. The van der Waals surface area contributed by atoms with Gasteiger partial charge in [0.2, 0.25) is 0 Å². The van der Waals surface area contributed by atoms with Crippen LogP contribution in [0.4, 0.5) is 0 Å². The molecule has 2 N–H and O–H groups in total. The molecule has 16 heavy (non-hydrogen) atoms. The molecule has 0 bridgehead atoms. The zero-order chi connectivity index (χ0) is 11.9. The molecule has 86 valence electrons. The Morgan fingerprint density at radius 1 is 1.44 bits per heavy atom. The van der Waals surface area contributed by atoms with Gasteiger partial charge in [-0.15, -0.1) is 0 Å². The van der Waals surface area contributed by atoms with Crippen LogP contribution < -0.4 is 0 Å². The van der Waals surface area contributed by atoms with Gasteiger partial charge in [0.25, 0.3) is 0 Å². The Morgan fingerprint density at radius 3 is 2.75 bits per heavy atom. The van der Waals surface area contributed by atoms with Gasteiger partial charge in [-0.3, -0.25) is 0 Å². The second-order valence-electron chi connectivity index (χ2n) is 3.60. The lowest BCUT2D eigenvalue weighted by molar-refractivity contribution is -0.135. The fourth-order valence-electron chi connectivity index (χ4n) is 1.74. The molecular weight excluding hydrogens is 212 g/mol. The fraction of sp³-hybridized carbons (Fsp3) is 0.364. The van der Waals surface area contributed by atoms with Crippen molar-refractivity contribution < 1.29 is 24.5 Å². The first-order valence-electron chi connectivity index (χ1n) is 4.87. The van der Waals surface area contributed by atoms with Crippen molar-refractivity contribution in [3.63, 3.8) is 0 Å². The molecule has 5 heteroatoms. The molecule has 0 aromatic carbocycles. The third-order valence-electron chi connectivity index (χ3n) is 2.53. The van der Waals surface area contributed by atoms with Gasteiger partial charge in [0.1, 0.15) is 23.9 Å². The summed E-state index contributed by atoms with van der Waals surface area (Å²) in [6.07, 6.45) is 0.0791. The first-order valence-corrected chi connectivity index (χ1v) is 4.87. The van der Waals surface area contributed by atoms with Crippen molar-refractivity contribution in [2.24, 2.45) is 0 Å². The number of aliphatic hydroxyl groups is 2. The summed E-state index contributed by atoms with van der Waals surface area (Å²) in [6, 6.07) is 0. The molecule has 2 rings (SSSR count). The van der Waals surface area contributed by atoms with E-state index >= 15 is 0 Å². The van der Waals surface area contributed by atoms with E-state index in [0.717, 1.165) is 0 Å². The number of allylic oxidation sites excluding steroid dienone is 1. The van der Waals surface area contributed by atoms with Crippen LogP contribution in [-0.4, -0.2) is 34.5 Å². The summed E-state index contributed by atoms with van der Waals surface area (Å²) in [7, 11) is 0. The van der Waals surface area contributed by atoms with Crippen LogP contribution in [0.5, 0.6) is 0 Å². The van der Waals surface area contributed by atoms with E-state index in [0.29, 0.717) is 0 Å². The highest BCUT2D eigenvalue weighted by Gasteiger charge is 2.45. The van der Waals surface area contributed by atoms with Gasteiger partial charge in [0.05, 0.1) is 0 Å². The lowest BCUT2D eigenvalue weighted by Crippen LogP contribution is -2.43. The van der Waals surface area contributed by atoms with Crippen LogP contribution in [-0.2, 0) is 14.3 Å². The van der Waals surface area contributed by atoms with Crippen LogP contribution in [0, 0.1) is 0 Å². The quantitative estimate of drug-likeness (QED) is 0.484. The Labute approximate surface area is 92.3 Å². The standard InChI is InChI=1S/C11H12O5/c1-3-4-6-8(12)9(13)7-10(16-6)5(2)15-11(7)14/h3-4,6,8-9,12-13H,2H2,1H3/b4-3+/t6-,8-,9-/m0/s1. The topological polar surface area (TPSA) is 76.0 Å². The van der Waals surface area contributed by atoms with E-state index in [9.17, 15) is 15.0 Å². The summed E-state index contributed by atoms with van der Waals surface area (Å²) in [5, 5.41) is 19.5. The molecule has 0 aliphatic carbocycles. The summed E-state index contributed by atoms with van der Waals surface area (Å²) in [4.78, 5) is 11.3. The van der Waals surface area contributed by atoms with Crippen LogP contribution in [0.15, 0.2) is 35.8 Å². The van der Waals surface area contributed by atoms with Gasteiger partial charge >= 0.3 is 5.97 Å². The van der Waals surface area contributed by atoms with E-state index in [1.807, 2.05) is 0 Å². The van der Waals surface area contributed by atoms with Gasteiger partial charge in [0.15, 0.2) is 11.5 Å². The lowest BCUT2D eigenvalue weighted by Gasteiger charge is -2.30. The summed E-state index contributed by atoms with van der Waals surface area (Å²) >= 11 is 0. The number of rotatable bonds is 1. The minimum absolute atomic E-state index is 0.0572. The Kier molecular flexibility index (Phi) is 2.57. The molecule has 3 atom stereocenters. The van der Waals surface area contributed by atoms with Crippen molar-refractivity contribution in [3.05, 3.63) is 35.8 Å². The number of carbonyl (C=O) groups is 1. The van der Waals surface area contributed by atoms with E-state index in [-0.39, 0.29) is 17.1 Å². The molecule has 0 spiro atoms. The van der Waals surface area contributed by atoms with Gasteiger partial charge in [0, 0.05) is 0 Å². The number of hydrogen-bond donors (Lipinski definition) is 2. The summed E-state index contributed by atoms with van der Waals surface area (Å²) in [5.74, 6) is -0.517. The largest absolute Gasteiger partial charge is 0.479 e. The van der Waals surface area contributed by atoms with E-state index in [4.69, 9.17) is 9.47 Å². The fourth-order valence-corrected chi connectivity index (χ4v) is 1.74. The first-order chi connectivity index (χ1) is 7.56. The SMILES string of the molecule is C=C1OC(=O)C2=C1O[C@@H](/C=C/C)[C@H](O)[C@H]2O. The zero-order valence-corrected chi connectivity index (χ0v) is 8.71. The van der Waals surface area contributed by atoms with E-state index in [1.54, 1.807) is 19.1 Å². The molecule has 5 nitrogen and oxygen atoms in total. The van der Waals surface area contributed by atoms with Gasteiger partial charge in [-0.2, -0.15) is 0 Å². The molecule has 0 radical (unpaired) electrons. The van der Waals surface area contributed by atoms with Crippen molar-refractivity contribution >= 4 is 5.97 Å². The maximum absolute atomic E-state index is 11.3. The molecule has 0 saturated heterocycles. The Morgan fingerprint density at radius 2 is 2.12 bits per heavy atom. The number of carbonyl (C=O) groups excluding carboxylic acids is 1. The van der Waals surface area contributed by atoms with Crippen LogP contribution in [0.2, 0.25) is 0 Å². The highest BCUT2D eigenvalue weighted by atomic mass is 16.6. The number of hydrogen-bond acceptors (Lipinski definition) is 5. The highest BCUT2D eigenvalue weighted by Crippen LogP contribution is 2.35. The first kappa shape index (κ1) is 10.9. The molecule has 2 aliphatic heterocycles.